The molecule has 6 heteroatoms. The van der Waals surface area contributed by atoms with Crippen LogP contribution < -0.4 is 4.90 Å². The number of alkyl halides is 3. The number of halogens is 3. The van der Waals surface area contributed by atoms with Crippen molar-refractivity contribution in [2.45, 2.75) is 12.6 Å². The highest BCUT2D eigenvalue weighted by Gasteiger charge is 2.33. The van der Waals surface area contributed by atoms with E-state index < -0.39 is 11.7 Å². The molecule has 0 atom stereocenters. The molecule has 1 rings (SSSR count). The van der Waals surface area contributed by atoms with Crippen molar-refractivity contribution >= 4 is 23.7 Å². The molecule has 0 saturated carbocycles. The summed E-state index contributed by atoms with van der Waals surface area (Å²) in [6, 6.07) is 3.79. The summed E-state index contributed by atoms with van der Waals surface area (Å²) in [4.78, 5) is 12.4. The number of anilines is 1. The minimum Gasteiger partial charge on any atom is -0.375 e. The molecule has 0 N–H and O–H groups in total. The number of aldehydes is 1. The third-order valence-electron chi connectivity index (χ3n) is 2.75. The van der Waals surface area contributed by atoms with E-state index in [-0.39, 0.29) is 11.8 Å². The first-order valence-electron chi connectivity index (χ1n) is 5.76. The van der Waals surface area contributed by atoms with Crippen LogP contribution in [0.15, 0.2) is 18.2 Å². The summed E-state index contributed by atoms with van der Waals surface area (Å²) in [5.41, 5.74) is -0.732. The number of hydrogen-bond donors (Lipinski definition) is 0. The molecule has 0 radical (unpaired) electrons. The summed E-state index contributed by atoms with van der Waals surface area (Å²) in [7, 11) is 1.75. The molecule has 0 aromatic heterocycles. The van der Waals surface area contributed by atoms with Gasteiger partial charge in [-0.15, -0.1) is 0 Å². The monoisotopic (exact) mass is 291 g/mol. The van der Waals surface area contributed by atoms with E-state index >= 15 is 0 Å². The molecular weight excluding hydrogens is 275 g/mol. The Kier molecular flexibility index (Phi) is 5.72. The van der Waals surface area contributed by atoms with Gasteiger partial charge in [0, 0.05) is 24.8 Å². The molecule has 0 aliphatic heterocycles. The number of nitrogens with zero attached hydrogens (tertiary/aromatic N) is 1. The summed E-state index contributed by atoms with van der Waals surface area (Å²) < 4.78 is 38.4. The molecule has 1 aromatic rings. The number of benzene rings is 1. The maximum Gasteiger partial charge on any atom is 0.417 e. The molecule has 0 unspecified atom stereocenters. The lowest BCUT2D eigenvalue weighted by Gasteiger charge is -2.21. The molecule has 0 amide bonds. The van der Waals surface area contributed by atoms with Crippen LogP contribution in [-0.4, -0.2) is 31.9 Å². The Morgan fingerprint density at radius 3 is 2.58 bits per heavy atom. The first kappa shape index (κ1) is 15.9. The second kappa shape index (κ2) is 6.84. The second-order valence-corrected chi connectivity index (χ2v) is 5.14. The van der Waals surface area contributed by atoms with Crippen LogP contribution in [0.1, 0.15) is 22.3 Å². The van der Waals surface area contributed by atoms with E-state index in [1.165, 1.54) is 12.1 Å². The first-order chi connectivity index (χ1) is 8.90. The van der Waals surface area contributed by atoms with Gasteiger partial charge in [0.05, 0.1) is 5.56 Å². The maximum absolute atomic E-state index is 12.8. The van der Waals surface area contributed by atoms with E-state index in [0.29, 0.717) is 12.2 Å². The van der Waals surface area contributed by atoms with Gasteiger partial charge in [-0.3, -0.25) is 4.79 Å². The minimum absolute atomic E-state index is 0.236. The summed E-state index contributed by atoms with van der Waals surface area (Å²) in [5.74, 6) is 0.961. The molecule has 0 aliphatic carbocycles. The summed E-state index contributed by atoms with van der Waals surface area (Å²) in [6.45, 7) is 0.679. The van der Waals surface area contributed by atoms with Crippen molar-refractivity contribution in [2.75, 3.05) is 30.5 Å². The van der Waals surface area contributed by atoms with Gasteiger partial charge in [0.2, 0.25) is 0 Å². The normalized spacial score (nSPS) is 11.4. The zero-order chi connectivity index (χ0) is 14.5. The topological polar surface area (TPSA) is 20.3 Å². The molecule has 0 fully saturated rings. The van der Waals surface area contributed by atoms with E-state index in [1.54, 1.807) is 23.7 Å². The lowest BCUT2D eigenvalue weighted by Crippen LogP contribution is -2.20. The first-order valence-corrected chi connectivity index (χ1v) is 7.16. The molecular formula is C13H16F3NOS. The van der Waals surface area contributed by atoms with Crippen molar-refractivity contribution in [1.82, 2.24) is 0 Å². The molecule has 2 nitrogen and oxygen atoms in total. The Bertz CT molecular complexity index is 434. The Morgan fingerprint density at radius 2 is 2.05 bits per heavy atom. The van der Waals surface area contributed by atoms with Gasteiger partial charge in [0.25, 0.3) is 0 Å². The third kappa shape index (κ3) is 4.45. The van der Waals surface area contributed by atoms with Crippen molar-refractivity contribution < 1.29 is 18.0 Å². The fraction of sp³-hybridized carbons (Fsp3) is 0.462. The molecule has 0 spiro atoms. The van der Waals surface area contributed by atoms with E-state index in [1.807, 2.05) is 6.26 Å². The van der Waals surface area contributed by atoms with Gasteiger partial charge in [0.1, 0.15) is 0 Å². The van der Waals surface area contributed by atoms with Gasteiger partial charge in [-0.1, -0.05) is 0 Å². The summed E-state index contributed by atoms with van der Waals surface area (Å²) in [6.07, 6.45) is -1.39. The van der Waals surface area contributed by atoms with Crippen molar-refractivity contribution in [2.24, 2.45) is 0 Å². The average Bonchev–Trinajstić information content (AvgIpc) is 2.37. The van der Waals surface area contributed by atoms with Crippen LogP contribution in [0.2, 0.25) is 0 Å². The average molecular weight is 291 g/mol. The van der Waals surface area contributed by atoms with E-state index in [4.69, 9.17) is 0 Å². The number of rotatable bonds is 6. The second-order valence-electron chi connectivity index (χ2n) is 4.16. The van der Waals surface area contributed by atoms with Gasteiger partial charge < -0.3 is 4.90 Å². The van der Waals surface area contributed by atoms with Crippen LogP contribution in [0.5, 0.6) is 0 Å². The number of carbonyl (C=O) groups is 1. The van der Waals surface area contributed by atoms with Crippen LogP contribution in [0.25, 0.3) is 0 Å². The molecule has 0 heterocycles. The predicted molar refractivity (Wildman–Crippen MR) is 73.1 cm³/mol. The Balaban J connectivity index is 2.95. The zero-order valence-corrected chi connectivity index (χ0v) is 11.6. The Hall–Kier alpha value is -1.17. The van der Waals surface area contributed by atoms with Gasteiger partial charge >= 0.3 is 6.18 Å². The smallest absolute Gasteiger partial charge is 0.375 e. The van der Waals surface area contributed by atoms with Gasteiger partial charge in [-0.2, -0.15) is 24.9 Å². The quantitative estimate of drug-likeness (QED) is 0.588. The molecule has 106 valence electrons. The summed E-state index contributed by atoms with van der Waals surface area (Å²) in [5, 5.41) is 0. The van der Waals surface area contributed by atoms with Crippen LogP contribution >= 0.6 is 11.8 Å². The van der Waals surface area contributed by atoms with Crippen molar-refractivity contribution in [1.29, 1.82) is 0 Å². The third-order valence-corrected chi connectivity index (χ3v) is 3.45. The Morgan fingerprint density at radius 1 is 1.37 bits per heavy atom. The standard InChI is InChI=1S/C13H16F3NOS/c1-17(6-3-7-19-2)11-5-4-10(9-18)12(8-11)13(14,15)16/h4-5,8-9H,3,6-7H2,1-2H3. The van der Waals surface area contributed by atoms with Crippen LogP contribution in [0.3, 0.4) is 0 Å². The molecule has 0 aliphatic rings. The lowest BCUT2D eigenvalue weighted by molar-refractivity contribution is -0.137. The number of thioether (sulfide) groups is 1. The predicted octanol–water partition coefficient (Wildman–Crippen LogP) is 3.71. The van der Waals surface area contributed by atoms with E-state index in [0.717, 1.165) is 18.2 Å². The number of carbonyl (C=O) groups excluding carboxylic acids is 1. The highest BCUT2D eigenvalue weighted by atomic mass is 32.2. The van der Waals surface area contributed by atoms with Crippen molar-refractivity contribution in [3.63, 3.8) is 0 Å². The van der Waals surface area contributed by atoms with Gasteiger partial charge in [-0.25, -0.2) is 0 Å². The Labute approximate surface area is 115 Å². The van der Waals surface area contributed by atoms with Crippen LogP contribution in [0, 0.1) is 0 Å². The minimum atomic E-state index is -4.51. The van der Waals surface area contributed by atoms with Crippen molar-refractivity contribution in [3.05, 3.63) is 29.3 Å². The zero-order valence-electron chi connectivity index (χ0n) is 10.8. The number of hydrogen-bond acceptors (Lipinski definition) is 3. The van der Waals surface area contributed by atoms with E-state index in [9.17, 15) is 18.0 Å². The summed E-state index contributed by atoms with van der Waals surface area (Å²) >= 11 is 1.70. The fourth-order valence-corrected chi connectivity index (χ4v) is 2.12. The highest BCUT2D eigenvalue weighted by Crippen LogP contribution is 2.33. The SMILES string of the molecule is CSCCCN(C)c1ccc(C=O)c(C(F)(F)F)c1. The molecule has 1 aromatic carbocycles. The molecule has 19 heavy (non-hydrogen) atoms. The van der Waals surface area contributed by atoms with Crippen LogP contribution in [-0.2, 0) is 6.18 Å². The lowest BCUT2D eigenvalue weighted by atomic mass is 10.1. The van der Waals surface area contributed by atoms with Crippen molar-refractivity contribution in [3.8, 4) is 0 Å². The fourth-order valence-electron chi connectivity index (χ4n) is 1.71. The van der Waals surface area contributed by atoms with Crippen LogP contribution in [0.4, 0.5) is 18.9 Å². The largest absolute Gasteiger partial charge is 0.417 e. The maximum atomic E-state index is 12.8. The molecule has 0 bridgehead atoms. The van der Waals surface area contributed by atoms with Gasteiger partial charge in [-0.05, 0) is 36.6 Å². The highest BCUT2D eigenvalue weighted by molar-refractivity contribution is 7.98. The van der Waals surface area contributed by atoms with E-state index in [2.05, 4.69) is 0 Å². The molecule has 0 saturated heterocycles. The van der Waals surface area contributed by atoms with Gasteiger partial charge in [0.15, 0.2) is 6.29 Å².